The van der Waals surface area contributed by atoms with E-state index < -0.39 is 0 Å². The van der Waals surface area contributed by atoms with Crippen LogP contribution < -0.4 is 0 Å². The highest BCUT2D eigenvalue weighted by atomic mass is 79.9. The van der Waals surface area contributed by atoms with Crippen molar-refractivity contribution in [1.82, 2.24) is 4.98 Å². The number of hydrogen-bond donors (Lipinski definition) is 1. The molecule has 0 aliphatic heterocycles. The quantitative estimate of drug-likeness (QED) is 0.730. The van der Waals surface area contributed by atoms with E-state index >= 15 is 0 Å². The van der Waals surface area contributed by atoms with Crippen LogP contribution in [0.1, 0.15) is 16.1 Å². The molecule has 1 aromatic carbocycles. The summed E-state index contributed by atoms with van der Waals surface area (Å²) in [5, 5.41) is 0.907. The normalized spacial score (nSPS) is 10.9. The highest BCUT2D eigenvalue weighted by Crippen LogP contribution is 2.23. The van der Waals surface area contributed by atoms with Crippen molar-refractivity contribution in [2.45, 2.75) is 0 Å². The second-order valence-corrected chi connectivity index (χ2v) is 4.46. The largest absolute Gasteiger partial charge is 0.446 e. The Labute approximate surface area is 106 Å². The molecule has 3 aromatic rings. The number of ketones is 1. The fraction of sp³-hybridized carbons (Fsp3) is 0. The zero-order valence-corrected chi connectivity index (χ0v) is 10.3. The van der Waals surface area contributed by atoms with Crippen molar-refractivity contribution in [3.8, 4) is 0 Å². The van der Waals surface area contributed by atoms with Crippen molar-refractivity contribution in [3.63, 3.8) is 0 Å². The van der Waals surface area contributed by atoms with Crippen LogP contribution in [-0.2, 0) is 0 Å². The first kappa shape index (κ1) is 10.4. The van der Waals surface area contributed by atoms with E-state index in [0.29, 0.717) is 16.0 Å². The van der Waals surface area contributed by atoms with Crippen molar-refractivity contribution in [3.05, 3.63) is 58.6 Å². The molecule has 17 heavy (non-hydrogen) atoms. The van der Waals surface area contributed by atoms with Gasteiger partial charge in [-0.15, -0.1) is 0 Å². The maximum atomic E-state index is 12.2. The van der Waals surface area contributed by atoms with Crippen LogP contribution in [0, 0.1) is 0 Å². The van der Waals surface area contributed by atoms with Gasteiger partial charge in [-0.05, 0) is 34.1 Å². The van der Waals surface area contributed by atoms with Gasteiger partial charge in [0.05, 0.1) is 5.56 Å². The number of aromatic amines is 1. The van der Waals surface area contributed by atoms with E-state index in [-0.39, 0.29) is 5.78 Å². The fourth-order valence-corrected chi connectivity index (χ4v) is 2.13. The first-order chi connectivity index (χ1) is 8.25. The number of rotatable bonds is 2. The molecule has 0 bridgehead atoms. The molecule has 0 spiro atoms. The molecule has 0 fully saturated rings. The molecule has 2 heterocycles. The van der Waals surface area contributed by atoms with Crippen LogP contribution in [0.2, 0.25) is 0 Å². The van der Waals surface area contributed by atoms with E-state index in [4.69, 9.17) is 4.42 Å². The number of halogens is 1. The minimum atomic E-state index is -0.117. The van der Waals surface area contributed by atoms with E-state index in [1.165, 1.54) is 0 Å². The molecule has 0 radical (unpaired) electrons. The predicted octanol–water partition coefficient (Wildman–Crippen LogP) is 3.75. The lowest BCUT2D eigenvalue weighted by Gasteiger charge is -1.95. The van der Waals surface area contributed by atoms with E-state index in [1.807, 2.05) is 24.3 Å². The van der Waals surface area contributed by atoms with Gasteiger partial charge in [0.15, 0.2) is 10.4 Å². The van der Waals surface area contributed by atoms with Gasteiger partial charge in [-0.2, -0.15) is 0 Å². The van der Waals surface area contributed by atoms with Gasteiger partial charge in [-0.25, -0.2) is 0 Å². The van der Waals surface area contributed by atoms with Crippen LogP contribution in [0.4, 0.5) is 0 Å². The average Bonchev–Trinajstić information content (AvgIpc) is 2.94. The van der Waals surface area contributed by atoms with Gasteiger partial charge in [0, 0.05) is 17.1 Å². The summed E-state index contributed by atoms with van der Waals surface area (Å²) in [6, 6.07) is 11.1. The smallest absolute Gasteiger partial charge is 0.230 e. The molecule has 0 amide bonds. The number of carbonyl (C=O) groups excluding carboxylic acids is 1. The van der Waals surface area contributed by atoms with E-state index in [0.717, 1.165) is 10.9 Å². The Morgan fingerprint density at radius 1 is 1.18 bits per heavy atom. The Balaban J connectivity index is 2.13. The molecule has 3 rings (SSSR count). The van der Waals surface area contributed by atoms with Crippen molar-refractivity contribution >= 4 is 32.6 Å². The highest BCUT2D eigenvalue weighted by Gasteiger charge is 2.16. The molecule has 0 aliphatic rings. The van der Waals surface area contributed by atoms with Gasteiger partial charge in [-0.3, -0.25) is 4.79 Å². The molecule has 0 aliphatic carbocycles. The summed E-state index contributed by atoms with van der Waals surface area (Å²) < 4.78 is 5.83. The third-order valence-electron chi connectivity index (χ3n) is 2.63. The molecule has 84 valence electrons. The second kappa shape index (κ2) is 3.89. The van der Waals surface area contributed by atoms with Crippen LogP contribution in [0.15, 0.2) is 51.7 Å². The number of furan rings is 1. The first-order valence-corrected chi connectivity index (χ1v) is 5.91. The van der Waals surface area contributed by atoms with Gasteiger partial charge in [0.25, 0.3) is 0 Å². The molecule has 4 heteroatoms. The first-order valence-electron chi connectivity index (χ1n) is 5.12. The zero-order chi connectivity index (χ0) is 11.8. The molecule has 3 nitrogen and oxygen atoms in total. The number of carbonyl (C=O) groups is 1. The average molecular weight is 290 g/mol. The SMILES string of the molecule is O=C(c1ccc(Br)o1)c1c[nH]c2ccccc12. The number of aromatic nitrogens is 1. The maximum Gasteiger partial charge on any atom is 0.230 e. The van der Waals surface area contributed by atoms with Gasteiger partial charge in [-0.1, -0.05) is 18.2 Å². The van der Waals surface area contributed by atoms with Gasteiger partial charge >= 0.3 is 0 Å². The monoisotopic (exact) mass is 289 g/mol. The molecule has 0 atom stereocenters. The van der Waals surface area contributed by atoms with Crippen LogP contribution in [0.25, 0.3) is 10.9 Å². The second-order valence-electron chi connectivity index (χ2n) is 3.68. The number of fused-ring (bicyclic) bond motifs is 1. The van der Waals surface area contributed by atoms with Gasteiger partial charge in [0.2, 0.25) is 5.78 Å². The number of nitrogens with one attached hydrogen (secondary N) is 1. The molecule has 1 N–H and O–H groups in total. The Hall–Kier alpha value is -1.81. The Bertz CT molecular complexity index is 696. The van der Waals surface area contributed by atoms with Crippen LogP contribution in [0.3, 0.4) is 0 Å². The number of hydrogen-bond acceptors (Lipinski definition) is 2. The Morgan fingerprint density at radius 3 is 2.76 bits per heavy atom. The molecule has 2 aromatic heterocycles. The number of para-hydroxylation sites is 1. The summed E-state index contributed by atoms with van der Waals surface area (Å²) in [4.78, 5) is 15.3. The highest BCUT2D eigenvalue weighted by molar-refractivity contribution is 9.10. The van der Waals surface area contributed by atoms with Gasteiger partial charge < -0.3 is 9.40 Å². The fourth-order valence-electron chi connectivity index (χ4n) is 1.83. The number of H-pyrrole nitrogens is 1. The Kier molecular flexibility index (Phi) is 2.37. The van der Waals surface area contributed by atoms with Gasteiger partial charge in [0.1, 0.15) is 0 Å². The lowest BCUT2D eigenvalue weighted by Crippen LogP contribution is -1.97. The molecule has 0 unspecified atom stereocenters. The lowest BCUT2D eigenvalue weighted by molar-refractivity contribution is 0.101. The molecule has 0 saturated heterocycles. The summed E-state index contributed by atoms with van der Waals surface area (Å²) in [6.07, 6.45) is 1.71. The van der Waals surface area contributed by atoms with Crippen LogP contribution in [0.5, 0.6) is 0 Å². The standard InChI is InChI=1S/C13H8BrNO2/c14-12-6-5-11(17-12)13(16)9-7-15-10-4-2-1-3-8(9)10/h1-7,15H. The maximum absolute atomic E-state index is 12.2. The minimum absolute atomic E-state index is 0.117. The zero-order valence-electron chi connectivity index (χ0n) is 8.74. The summed E-state index contributed by atoms with van der Waals surface area (Å²) in [5.41, 5.74) is 1.57. The summed E-state index contributed by atoms with van der Waals surface area (Å²) in [7, 11) is 0. The van der Waals surface area contributed by atoms with Crippen molar-refractivity contribution in [1.29, 1.82) is 0 Å². The number of benzene rings is 1. The van der Waals surface area contributed by atoms with Crippen molar-refractivity contribution in [2.75, 3.05) is 0 Å². The molecule has 0 saturated carbocycles. The van der Waals surface area contributed by atoms with Crippen molar-refractivity contribution in [2.24, 2.45) is 0 Å². The van der Waals surface area contributed by atoms with Crippen LogP contribution in [-0.4, -0.2) is 10.8 Å². The van der Waals surface area contributed by atoms with Crippen molar-refractivity contribution < 1.29 is 9.21 Å². The predicted molar refractivity (Wildman–Crippen MR) is 68.1 cm³/mol. The van der Waals surface area contributed by atoms with E-state index in [1.54, 1.807) is 18.3 Å². The molecular weight excluding hydrogens is 282 g/mol. The topological polar surface area (TPSA) is 46.0 Å². The van der Waals surface area contributed by atoms with E-state index in [2.05, 4.69) is 20.9 Å². The summed E-state index contributed by atoms with van der Waals surface area (Å²) in [5.74, 6) is 0.217. The van der Waals surface area contributed by atoms with E-state index in [9.17, 15) is 4.79 Å². The summed E-state index contributed by atoms with van der Waals surface area (Å²) >= 11 is 3.19. The van der Waals surface area contributed by atoms with Crippen LogP contribution >= 0.6 is 15.9 Å². The lowest BCUT2D eigenvalue weighted by atomic mass is 10.1. The third kappa shape index (κ3) is 1.70. The molecular formula is C13H8BrNO2. The Morgan fingerprint density at radius 2 is 2.00 bits per heavy atom. The minimum Gasteiger partial charge on any atom is -0.446 e. The summed E-state index contributed by atoms with van der Waals surface area (Å²) in [6.45, 7) is 0. The third-order valence-corrected chi connectivity index (χ3v) is 3.06.